The molecule has 2 rings (SSSR count). The number of sulfonamides is 1. The molecule has 0 fully saturated rings. The van der Waals surface area contributed by atoms with Crippen LogP contribution in [0.4, 0.5) is 5.69 Å². The summed E-state index contributed by atoms with van der Waals surface area (Å²) in [5, 5.41) is 3.08. The molecule has 2 aromatic carbocycles. The molecule has 10 heteroatoms. The number of carbonyl (C=O) groups excluding carboxylic acids is 1. The van der Waals surface area contributed by atoms with Gasteiger partial charge in [0.1, 0.15) is 4.90 Å². The van der Waals surface area contributed by atoms with Crippen molar-refractivity contribution in [2.24, 2.45) is 0 Å². The summed E-state index contributed by atoms with van der Waals surface area (Å²) in [6.45, 7) is -0.520. The van der Waals surface area contributed by atoms with Gasteiger partial charge in [0.25, 0.3) is 0 Å². The van der Waals surface area contributed by atoms with Gasteiger partial charge in [0.2, 0.25) is 15.9 Å². The van der Waals surface area contributed by atoms with Gasteiger partial charge in [0.05, 0.1) is 27.3 Å². The highest BCUT2D eigenvalue weighted by Crippen LogP contribution is 2.29. The topological polar surface area (TPSA) is 75.3 Å². The van der Waals surface area contributed by atoms with Crippen LogP contribution in [0.3, 0.4) is 0 Å². The third kappa shape index (κ3) is 4.75. The molecule has 0 aliphatic rings. The van der Waals surface area contributed by atoms with E-state index in [0.717, 1.165) is 0 Å². The van der Waals surface area contributed by atoms with E-state index in [-0.39, 0.29) is 30.7 Å². The molecule has 5 nitrogen and oxygen atoms in total. The Morgan fingerprint density at radius 3 is 2.42 bits per heavy atom. The lowest BCUT2D eigenvalue weighted by atomic mass is 10.3. The third-order valence-corrected chi connectivity index (χ3v) is 5.77. The first-order valence-corrected chi connectivity index (χ1v) is 9.39. The van der Waals surface area contributed by atoms with Crippen LogP contribution in [-0.4, -0.2) is 20.9 Å². The molecule has 0 saturated heterocycles. The Kier molecular flexibility index (Phi) is 6.36. The van der Waals surface area contributed by atoms with Crippen molar-refractivity contribution in [1.82, 2.24) is 4.72 Å². The maximum Gasteiger partial charge on any atom is 0.242 e. The van der Waals surface area contributed by atoms with Crippen LogP contribution in [0.1, 0.15) is 0 Å². The second kappa shape index (κ2) is 7.91. The number of benzene rings is 2. The van der Waals surface area contributed by atoms with Crippen LogP contribution in [0, 0.1) is 0 Å². The molecular formula is C14H10Cl4N2O3S. The van der Waals surface area contributed by atoms with Crippen molar-refractivity contribution in [3.05, 3.63) is 56.5 Å². The number of rotatable bonds is 5. The average molecular weight is 428 g/mol. The maximum absolute atomic E-state index is 12.2. The number of anilines is 1. The highest BCUT2D eigenvalue weighted by molar-refractivity contribution is 7.89. The van der Waals surface area contributed by atoms with Crippen molar-refractivity contribution >= 4 is 68.0 Å². The quantitative estimate of drug-likeness (QED) is 0.749. The standard InChI is InChI=1S/C14H10Cl4N2O3S/c15-8-4-5-9(16)12(6-8)24(22,23)19-7-13(21)20-11-3-1-2-10(17)14(11)18/h1-6,19H,7H2,(H,20,21). The van der Waals surface area contributed by atoms with Gasteiger partial charge in [-0.3, -0.25) is 4.79 Å². The van der Waals surface area contributed by atoms with E-state index in [1.165, 1.54) is 24.3 Å². The SMILES string of the molecule is O=C(CNS(=O)(=O)c1cc(Cl)ccc1Cl)Nc1cccc(Cl)c1Cl. The fraction of sp³-hybridized carbons (Fsp3) is 0.0714. The van der Waals surface area contributed by atoms with Crippen molar-refractivity contribution < 1.29 is 13.2 Å². The van der Waals surface area contributed by atoms with E-state index < -0.39 is 22.5 Å². The molecular weight excluding hydrogens is 418 g/mol. The van der Waals surface area contributed by atoms with Crippen LogP contribution in [0.25, 0.3) is 0 Å². The lowest BCUT2D eigenvalue weighted by molar-refractivity contribution is -0.115. The Morgan fingerprint density at radius 2 is 1.71 bits per heavy atom. The number of carbonyl (C=O) groups is 1. The summed E-state index contributed by atoms with van der Waals surface area (Å²) in [6, 6.07) is 8.69. The summed E-state index contributed by atoms with van der Waals surface area (Å²) in [6.07, 6.45) is 0. The van der Waals surface area contributed by atoms with Crippen LogP contribution in [0.15, 0.2) is 41.3 Å². The molecule has 0 radical (unpaired) electrons. The fourth-order valence-corrected chi connectivity index (χ4v) is 3.81. The molecule has 0 heterocycles. The first kappa shape index (κ1) is 19.3. The zero-order valence-electron chi connectivity index (χ0n) is 11.8. The molecule has 0 aliphatic carbocycles. The van der Waals surface area contributed by atoms with Crippen molar-refractivity contribution in [2.45, 2.75) is 4.90 Å². The van der Waals surface area contributed by atoms with Crippen LogP contribution in [-0.2, 0) is 14.8 Å². The Morgan fingerprint density at radius 1 is 1.00 bits per heavy atom. The van der Waals surface area contributed by atoms with Gasteiger partial charge in [-0.15, -0.1) is 0 Å². The van der Waals surface area contributed by atoms with Gasteiger partial charge in [0, 0.05) is 5.02 Å². The minimum atomic E-state index is -4.01. The second-order valence-electron chi connectivity index (χ2n) is 4.55. The van der Waals surface area contributed by atoms with E-state index in [2.05, 4.69) is 10.0 Å². The normalized spacial score (nSPS) is 11.3. The van der Waals surface area contributed by atoms with E-state index >= 15 is 0 Å². The summed E-state index contributed by atoms with van der Waals surface area (Å²) in [5.41, 5.74) is 0.272. The van der Waals surface area contributed by atoms with E-state index in [4.69, 9.17) is 46.4 Å². The second-order valence-corrected chi connectivity index (χ2v) is 7.91. The third-order valence-electron chi connectivity index (χ3n) is 2.83. The van der Waals surface area contributed by atoms with Crippen LogP contribution >= 0.6 is 46.4 Å². The largest absolute Gasteiger partial charge is 0.324 e. The number of halogens is 4. The summed E-state index contributed by atoms with van der Waals surface area (Å²) >= 11 is 23.4. The summed E-state index contributed by atoms with van der Waals surface area (Å²) in [7, 11) is -4.01. The Balaban J connectivity index is 2.08. The number of nitrogens with one attached hydrogen (secondary N) is 2. The van der Waals surface area contributed by atoms with Crippen LogP contribution < -0.4 is 10.0 Å². The van der Waals surface area contributed by atoms with Gasteiger partial charge in [-0.25, -0.2) is 13.1 Å². The molecule has 24 heavy (non-hydrogen) atoms. The average Bonchev–Trinajstić information content (AvgIpc) is 2.52. The Hall–Kier alpha value is -1.02. The Bertz CT molecular complexity index is 888. The van der Waals surface area contributed by atoms with Crippen LogP contribution in [0.2, 0.25) is 20.1 Å². The van der Waals surface area contributed by atoms with Gasteiger partial charge in [-0.2, -0.15) is 0 Å². The monoisotopic (exact) mass is 426 g/mol. The molecule has 2 N–H and O–H groups in total. The molecule has 0 atom stereocenters. The molecule has 0 unspecified atom stereocenters. The minimum absolute atomic E-state index is 0.00908. The predicted octanol–water partition coefficient (Wildman–Crippen LogP) is 4.22. The van der Waals surface area contributed by atoms with Crippen molar-refractivity contribution in [3.63, 3.8) is 0 Å². The van der Waals surface area contributed by atoms with E-state index in [1.54, 1.807) is 12.1 Å². The fourth-order valence-electron chi connectivity index (χ4n) is 1.72. The molecule has 128 valence electrons. The maximum atomic E-state index is 12.2. The molecule has 2 aromatic rings. The number of hydrogen-bond acceptors (Lipinski definition) is 3. The first-order chi connectivity index (χ1) is 11.2. The zero-order valence-corrected chi connectivity index (χ0v) is 15.7. The van der Waals surface area contributed by atoms with Gasteiger partial charge in [-0.05, 0) is 30.3 Å². The lowest BCUT2D eigenvalue weighted by Gasteiger charge is -2.10. The molecule has 0 saturated carbocycles. The van der Waals surface area contributed by atoms with E-state index in [0.29, 0.717) is 0 Å². The van der Waals surface area contributed by atoms with Crippen molar-refractivity contribution in [2.75, 3.05) is 11.9 Å². The minimum Gasteiger partial charge on any atom is -0.324 e. The van der Waals surface area contributed by atoms with Crippen molar-refractivity contribution in [3.8, 4) is 0 Å². The smallest absolute Gasteiger partial charge is 0.242 e. The van der Waals surface area contributed by atoms with Crippen LogP contribution in [0.5, 0.6) is 0 Å². The van der Waals surface area contributed by atoms with Gasteiger partial charge in [0.15, 0.2) is 0 Å². The highest BCUT2D eigenvalue weighted by atomic mass is 35.5. The summed E-state index contributed by atoms with van der Waals surface area (Å²) in [5.74, 6) is -0.624. The van der Waals surface area contributed by atoms with Gasteiger partial charge >= 0.3 is 0 Å². The Labute approximate surface area is 158 Å². The van der Waals surface area contributed by atoms with Gasteiger partial charge in [-0.1, -0.05) is 52.5 Å². The molecule has 0 aliphatic heterocycles. The lowest BCUT2D eigenvalue weighted by Crippen LogP contribution is -2.33. The molecule has 1 amide bonds. The van der Waals surface area contributed by atoms with E-state index in [1.807, 2.05) is 0 Å². The molecule has 0 aromatic heterocycles. The van der Waals surface area contributed by atoms with E-state index in [9.17, 15) is 13.2 Å². The predicted molar refractivity (Wildman–Crippen MR) is 96.7 cm³/mol. The number of hydrogen-bond donors (Lipinski definition) is 2. The summed E-state index contributed by atoms with van der Waals surface area (Å²) in [4.78, 5) is 11.7. The van der Waals surface area contributed by atoms with Crippen molar-refractivity contribution in [1.29, 1.82) is 0 Å². The number of amides is 1. The highest BCUT2D eigenvalue weighted by Gasteiger charge is 2.19. The molecule has 0 spiro atoms. The summed E-state index contributed by atoms with van der Waals surface area (Å²) < 4.78 is 26.5. The first-order valence-electron chi connectivity index (χ1n) is 6.39. The van der Waals surface area contributed by atoms with Gasteiger partial charge < -0.3 is 5.32 Å². The zero-order chi connectivity index (χ0) is 17.9. The molecule has 0 bridgehead atoms.